The van der Waals surface area contributed by atoms with Crippen molar-refractivity contribution in [2.75, 3.05) is 39.8 Å². The van der Waals surface area contributed by atoms with Crippen LogP contribution in [0.3, 0.4) is 0 Å². The molecule has 0 saturated carbocycles. The predicted octanol–water partition coefficient (Wildman–Crippen LogP) is 3.75. The molecule has 4 rings (SSSR count). The van der Waals surface area contributed by atoms with Crippen LogP contribution < -0.4 is 10.1 Å². The fourth-order valence-corrected chi connectivity index (χ4v) is 6.75. The Bertz CT molecular complexity index is 1110. The molecule has 0 spiro atoms. The maximum atomic E-state index is 13.3. The van der Waals surface area contributed by atoms with E-state index in [1.165, 1.54) is 6.07 Å². The van der Waals surface area contributed by atoms with E-state index in [-0.39, 0.29) is 16.8 Å². The third-order valence-electron chi connectivity index (χ3n) is 6.92. The Hall–Kier alpha value is -2.42. The summed E-state index contributed by atoms with van der Waals surface area (Å²) < 4.78 is 33.6. The average Bonchev–Trinajstić information content (AvgIpc) is 3.39. The van der Waals surface area contributed by atoms with Gasteiger partial charge in [0, 0.05) is 30.8 Å². The number of nitrogens with one attached hydrogen (secondary N) is 1. The smallest absolute Gasteiger partial charge is 0.251 e. The third-order valence-corrected chi connectivity index (χ3v) is 8.96. The highest BCUT2D eigenvalue weighted by molar-refractivity contribution is 7.89. The van der Waals surface area contributed by atoms with Crippen LogP contribution in [0.4, 0.5) is 0 Å². The van der Waals surface area contributed by atoms with Gasteiger partial charge < -0.3 is 10.1 Å². The predicted molar refractivity (Wildman–Crippen MR) is 133 cm³/mol. The average molecular weight is 486 g/mol. The Kier molecular flexibility index (Phi) is 7.91. The molecule has 2 heterocycles. The van der Waals surface area contributed by atoms with Crippen LogP contribution >= 0.6 is 0 Å². The summed E-state index contributed by atoms with van der Waals surface area (Å²) in [5.74, 6) is 0.535. The van der Waals surface area contributed by atoms with Gasteiger partial charge in [-0.1, -0.05) is 30.7 Å². The zero-order valence-electron chi connectivity index (χ0n) is 20.1. The van der Waals surface area contributed by atoms with Crippen LogP contribution in [-0.2, 0) is 10.0 Å². The number of piperidine rings is 1. The van der Waals surface area contributed by atoms with Crippen molar-refractivity contribution in [1.82, 2.24) is 14.5 Å². The molecule has 0 unspecified atom stereocenters. The van der Waals surface area contributed by atoms with E-state index in [1.54, 1.807) is 30.5 Å². The first-order valence-electron chi connectivity index (χ1n) is 12.2. The number of benzene rings is 2. The molecule has 34 heavy (non-hydrogen) atoms. The van der Waals surface area contributed by atoms with Crippen molar-refractivity contribution in [2.24, 2.45) is 0 Å². The van der Waals surface area contributed by atoms with Crippen LogP contribution in [0.5, 0.6) is 5.75 Å². The molecule has 0 aromatic heterocycles. The number of carbonyl (C=O) groups excluding carboxylic acids is 1. The summed E-state index contributed by atoms with van der Waals surface area (Å²) in [6.45, 7) is 5.22. The molecule has 2 aliphatic heterocycles. The number of ether oxygens (including phenoxy) is 1. The topological polar surface area (TPSA) is 78.9 Å². The lowest BCUT2D eigenvalue weighted by Crippen LogP contribution is -2.37. The number of hydrogen-bond acceptors (Lipinski definition) is 5. The Morgan fingerprint density at radius 2 is 1.68 bits per heavy atom. The van der Waals surface area contributed by atoms with Crippen molar-refractivity contribution in [3.05, 3.63) is 59.2 Å². The standard InChI is InChI=1S/C26H35N3O4S/c1-20-12-13-21(18-25(20)34(31,32)29-16-6-3-7-17-29)26(30)27-19-23(28-14-8-9-15-28)22-10-4-5-11-24(22)33-2/h4-5,10-13,18,23H,3,6-9,14-17,19H2,1-2H3,(H,27,30)/t23-/m1/s1. The highest BCUT2D eigenvalue weighted by Gasteiger charge is 2.29. The van der Waals surface area contributed by atoms with Gasteiger partial charge in [-0.25, -0.2) is 8.42 Å². The first-order chi connectivity index (χ1) is 16.4. The number of sulfonamides is 1. The number of aryl methyl sites for hydroxylation is 1. The molecule has 1 amide bonds. The molecule has 2 aromatic rings. The highest BCUT2D eigenvalue weighted by atomic mass is 32.2. The molecule has 0 bridgehead atoms. The van der Waals surface area contributed by atoms with Crippen LogP contribution in [0.25, 0.3) is 0 Å². The summed E-state index contributed by atoms with van der Waals surface area (Å²) >= 11 is 0. The molecule has 2 aromatic carbocycles. The van der Waals surface area contributed by atoms with Gasteiger partial charge in [-0.2, -0.15) is 4.31 Å². The zero-order valence-corrected chi connectivity index (χ0v) is 20.9. The largest absolute Gasteiger partial charge is 0.496 e. The van der Waals surface area contributed by atoms with Gasteiger partial charge in [0.1, 0.15) is 5.75 Å². The highest BCUT2D eigenvalue weighted by Crippen LogP contribution is 2.31. The number of methoxy groups -OCH3 is 1. The Morgan fingerprint density at radius 1 is 1.00 bits per heavy atom. The summed E-state index contributed by atoms with van der Waals surface area (Å²) in [7, 11) is -1.95. The van der Waals surface area contributed by atoms with Crippen LogP contribution in [0.1, 0.15) is 59.6 Å². The number of amides is 1. The molecule has 1 N–H and O–H groups in total. The monoisotopic (exact) mass is 485 g/mol. The minimum atomic E-state index is -3.62. The van der Waals surface area contributed by atoms with E-state index < -0.39 is 10.0 Å². The second kappa shape index (κ2) is 10.9. The van der Waals surface area contributed by atoms with Gasteiger partial charge in [-0.15, -0.1) is 0 Å². The molecule has 0 radical (unpaired) electrons. The first-order valence-corrected chi connectivity index (χ1v) is 13.6. The van der Waals surface area contributed by atoms with Crippen LogP contribution in [-0.4, -0.2) is 63.4 Å². The first kappa shape index (κ1) is 24.7. The number of rotatable bonds is 8. The molecule has 184 valence electrons. The SMILES string of the molecule is COc1ccccc1[C@@H](CNC(=O)c1ccc(C)c(S(=O)(=O)N2CCCCC2)c1)N1CCCC1. The van der Waals surface area contributed by atoms with Gasteiger partial charge in [0.15, 0.2) is 0 Å². The van der Waals surface area contributed by atoms with Gasteiger partial charge >= 0.3 is 0 Å². The van der Waals surface area contributed by atoms with Gasteiger partial charge in [0.2, 0.25) is 10.0 Å². The number of carbonyl (C=O) groups is 1. The minimum Gasteiger partial charge on any atom is -0.496 e. The second-order valence-corrected chi connectivity index (χ2v) is 11.1. The van der Waals surface area contributed by atoms with Crippen LogP contribution in [0.15, 0.2) is 47.4 Å². The summed E-state index contributed by atoms with van der Waals surface area (Å²) in [6, 6.07) is 12.9. The number of para-hydroxylation sites is 1. The van der Waals surface area contributed by atoms with E-state index in [1.807, 2.05) is 24.3 Å². The van der Waals surface area contributed by atoms with Crippen molar-refractivity contribution in [1.29, 1.82) is 0 Å². The lowest BCUT2D eigenvalue weighted by molar-refractivity contribution is 0.0937. The van der Waals surface area contributed by atoms with E-state index in [9.17, 15) is 13.2 Å². The van der Waals surface area contributed by atoms with Gasteiger partial charge in [-0.3, -0.25) is 9.69 Å². The van der Waals surface area contributed by atoms with Gasteiger partial charge in [0.25, 0.3) is 5.91 Å². The second-order valence-electron chi connectivity index (χ2n) is 9.16. The third kappa shape index (κ3) is 5.29. The fourth-order valence-electron chi connectivity index (χ4n) is 4.99. The van der Waals surface area contributed by atoms with E-state index in [2.05, 4.69) is 10.2 Å². The summed E-state index contributed by atoms with van der Waals surface area (Å²) in [4.78, 5) is 15.7. The normalized spacial score (nSPS) is 18.5. The van der Waals surface area contributed by atoms with Crippen molar-refractivity contribution in [3.8, 4) is 5.75 Å². The number of hydrogen-bond donors (Lipinski definition) is 1. The maximum absolute atomic E-state index is 13.3. The molecule has 7 nitrogen and oxygen atoms in total. The maximum Gasteiger partial charge on any atom is 0.251 e. The Morgan fingerprint density at radius 3 is 2.38 bits per heavy atom. The molecule has 0 aliphatic carbocycles. The van der Waals surface area contributed by atoms with E-state index >= 15 is 0 Å². The summed E-state index contributed by atoms with van der Waals surface area (Å²) in [6.07, 6.45) is 5.07. The fraction of sp³-hybridized carbons (Fsp3) is 0.500. The molecule has 2 aliphatic rings. The number of nitrogens with zero attached hydrogens (tertiary/aromatic N) is 2. The van der Waals surface area contributed by atoms with Crippen LogP contribution in [0.2, 0.25) is 0 Å². The zero-order chi connectivity index (χ0) is 24.1. The number of likely N-dealkylation sites (tertiary alicyclic amines) is 1. The van der Waals surface area contributed by atoms with Crippen molar-refractivity contribution < 1.29 is 17.9 Å². The van der Waals surface area contributed by atoms with Gasteiger partial charge in [-0.05, 0) is 69.5 Å². The Labute approximate surface area is 203 Å². The molecule has 1 atom stereocenters. The molecular formula is C26H35N3O4S. The van der Waals surface area contributed by atoms with E-state index in [0.29, 0.717) is 30.8 Å². The Balaban J connectivity index is 1.54. The van der Waals surface area contributed by atoms with Crippen molar-refractivity contribution in [3.63, 3.8) is 0 Å². The summed E-state index contributed by atoms with van der Waals surface area (Å²) in [5.41, 5.74) is 2.07. The molecule has 2 saturated heterocycles. The van der Waals surface area contributed by atoms with Crippen LogP contribution in [0, 0.1) is 6.92 Å². The van der Waals surface area contributed by atoms with Crippen molar-refractivity contribution in [2.45, 2.75) is 50.0 Å². The molecule has 8 heteroatoms. The lowest BCUT2D eigenvalue weighted by atomic mass is 10.0. The molecule has 2 fully saturated rings. The van der Waals surface area contributed by atoms with Crippen molar-refractivity contribution >= 4 is 15.9 Å². The van der Waals surface area contributed by atoms with E-state index in [0.717, 1.165) is 56.5 Å². The lowest BCUT2D eigenvalue weighted by Gasteiger charge is -2.29. The van der Waals surface area contributed by atoms with E-state index in [4.69, 9.17) is 4.74 Å². The minimum absolute atomic E-state index is 0.00963. The quantitative estimate of drug-likeness (QED) is 0.616. The molecular weight excluding hydrogens is 450 g/mol. The van der Waals surface area contributed by atoms with Gasteiger partial charge in [0.05, 0.1) is 18.0 Å². The summed E-state index contributed by atoms with van der Waals surface area (Å²) in [5, 5.41) is 3.06.